The van der Waals surface area contributed by atoms with Crippen molar-refractivity contribution in [2.45, 2.75) is 12.6 Å². The molecular weight excluding hydrogens is 387 g/mol. The van der Waals surface area contributed by atoms with Crippen molar-refractivity contribution in [3.8, 4) is 11.5 Å². The second kappa shape index (κ2) is 10.4. The first-order valence-corrected chi connectivity index (χ1v) is 8.84. The van der Waals surface area contributed by atoms with Crippen LogP contribution in [0.25, 0.3) is 0 Å². The number of rotatable bonds is 8. The number of alkyl halides is 3. The number of aliphatic imine (C=N–C) groups is 1. The Kier molecular flexibility index (Phi) is 7.93. The Balaban J connectivity index is 1.76. The molecule has 3 N–H and O–H groups in total. The maximum Gasteiger partial charge on any atom is 0.417 e. The number of hydrogen-bond donors (Lipinski definition) is 3. The number of benzene rings is 1. The van der Waals surface area contributed by atoms with Crippen LogP contribution in [0.1, 0.15) is 12.0 Å². The van der Waals surface area contributed by atoms with E-state index in [-0.39, 0.29) is 0 Å². The molecule has 0 atom stereocenters. The highest BCUT2D eigenvalue weighted by atomic mass is 19.4. The van der Waals surface area contributed by atoms with Crippen molar-refractivity contribution in [3.63, 3.8) is 0 Å². The smallest absolute Gasteiger partial charge is 0.417 e. The van der Waals surface area contributed by atoms with E-state index in [9.17, 15) is 13.2 Å². The quantitative estimate of drug-likeness (QED) is 0.350. The van der Waals surface area contributed by atoms with Crippen LogP contribution in [-0.4, -0.2) is 45.3 Å². The lowest BCUT2D eigenvalue weighted by molar-refractivity contribution is -0.137. The van der Waals surface area contributed by atoms with E-state index in [4.69, 9.17) is 9.47 Å². The van der Waals surface area contributed by atoms with E-state index in [1.54, 1.807) is 33.4 Å². The normalized spacial score (nSPS) is 11.7. The zero-order valence-electron chi connectivity index (χ0n) is 16.4. The fraction of sp³-hybridized carbons (Fsp3) is 0.368. The second-order valence-corrected chi connectivity index (χ2v) is 5.90. The number of ether oxygens (including phenoxy) is 2. The lowest BCUT2D eigenvalue weighted by atomic mass is 10.2. The van der Waals surface area contributed by atoms with E-state index in [0.29, 0.717) is 42.8 Å². The number of anilines is 2. The van der Waals surface area contributed by atoms with Gasteiger partial charge in [-0.05, 0) is 30.7 Å². The van der Waals surface area contributed by atoms with Gasteiger partial charge in [0.15, 0.2) is 17.5 Å². The Morgan fingerprint density at radius 1 is 1.07 bits per heavy atom. The third kappa shape index (κ3) is 6.74. The Labute approximate surface area is 167 Å². The van der Waals surface area contributed by atoms with Crippen LogP contribution in [0.2, 0.25) is 0 Å². The topological polar surface area (TPSA) is 79.8 Å². The average molecular weight is 411 g/mol. The van der Waals surface area contributed by atoms with Crippen molar-refractivity contribution in [2.75, 3.05) is 45.0 Å². The summed E-state index contributed by atoms with van der Waals surface area (Å²) in [5, 5.41) is 9.29. The maximum atomic E-state index is 12.5. The molecule has 0 unspecified atom stereocenters. The molecule has 0 aliphatic carbocycles. The monoisotopic (exact) mass is 411 g/mol. The van der Waals surface area contributed by atoms with E-state index < -0.39 is 11.7 Å². The van der Waals surface area contributed by atoms with Crippen molar-refractivity contribution >= 4 is 17.5 Å². The molecule has 2 rings (SSSR count). The highest BCUT2D eigenvalue weighted by molar-refractivity contribution is 5.93. The molecular formula is C19H24F3N5O2. The number of halogens is 3. The zero-order valence-corrected chi connectivity index (χ0v) is 16.4. The predicted molar refractivity (Wildman–Crippen MR) is 107 cm³/mol. The lowest BCUT2D eigenvalue weighted by Gasteiger charge is -2.14. The first-order chi connectivity index (χ1) is 13.9. The maximum absolute atomic E-state index is 12.5. The SMILES string of the molecule is CN=C(NCCCNc1ccc(C(F)(F)F)cn1)Nc1ccc(OC)c(OC)c1. The molecule has 0 aliphatic rings. The van der Waals surface area contributed by atoms with Crippen LogP contribution in [0.15, 0.2) is 41.5 Å². The molecule has 1 heterocycles. The Morgan fingerprint density at radius 2 is 1.83 bits per heavy atom. The summed E-state index contributed by atoms with van der Waals surface area (Å²) in [7, 11) is 4.79. The summed E-state index contributed by atoms with van der Waals surface area (Å²) < 4.78 is 48.0. The molecule has 2 aromatic rings. The molecule has 29 heavy (non-hydrogen) atoms. The van der Waals surface area contributed by atoms with Crippen LogP contribution in [0.3, 0.4) is 0 Å². The van der Waals surface area contributed by atoms with Crippen molar-refractivity contribution in [2.24, 2.45) is 4.99 Å². The van der Waals surface area contributed by atoms with Gasteiger partial charge in [-0.25, -0.2) is 4.98 Å². The molecule has 0 radical (unpaired) electrons. The van der Waals surface area contributed by atoms with Gasteiger partial charge in [0.2, 0.25) is 0 Å². The fourth-order valence-corrected chi connectivity index (χ4v) is 2.41. The fourth-order valence-electron chi connectivity index (χ4n) is 2.41. The van der Waals surface area contributed by atoms with E-state index in [1.165, 1.54) is 6.07 Å². The lowest BCUT2D eigenvalue weighted by Crippen LogP contribution is -2.32. The molecule has 10 heteroatoms. The van der Waals surface area contributed by atoms with Gasteiger partial charge in [0.1, 0.15) is 5.82 Å². The van der Waals surface area contributed by atoms with Gasteiger partial charge in [0.25, 0.3) is 0 Å². The number of nitrogens with zero attached hydrogens (tertiary/aromatic N) is 2. The predicted octanol–water partition coefficient (Wildman–Crippen LogP) is 3.61. The van der Waals surface area contributed by atoms with Gasteiger partial charge in [0.05, 0.1) is 19.8 Å². The van der Waals surface area contributed by atoms with Gasteiger partial charge >= 0.3 is 6.18 Å². The molecule has 1 aromatic carbocycles. The van der Waals surface area contributed by atoms with Crippen LogP contribution < -0.4 is 25.4 Å². The van der Waals surface area contributed by atoms with E-state index in [2.05, 4.69) is 25.9 Å². The zero-order chi connectivity index (χ0) is 21.3. The van der Waals surface area contributed by atoms with Crippen LogP contribution in [0.5, 0.6) is 11.5 Å². The van der Waals surface area contributed by atoms with E-state index in [1.807, 2.05) is 6.07 Å². The van der Waals surface area contributed by atoms with Crippen LogP contribution in [-0.2, 0) is 6.18 Å². The van der Waals surface area contributed by atoms with Crippen molar-refractivity contribution in [1.82, 2.24) is 10.3 Å². The summed E-state index contributed by atoms with van der Waals surface area (Å²) in [4.78, 5) is 7.92. The summed E-state index contributed by atoms with van der Waals surface area (Å²) in [6, 6.07) is 7.74. The summed E-state index contributed by atoms with van der Waals surface area (Å²) in [5.74, 6) is 2.20. The summed E-state index contributed by atoms with van der Waals surface area (Å²) in [6.45, 7) is 1.14. The molecule has 158 valence electrons. The van der Waals surface area contributed by atoms with Crippen LogP contribution >= 0.6 is 0 Å². The highest BCUT2D eigenvalue weighted by Gasteiger charge is 2.30. The number of guanidine groups is 1. The average Bonchev–Trinajstić information content (AvgIpc) is 2.72. The van der Waals surface area contributed by atoms with Crippen LogP contribution in [0, 0.1) is 0 Å². The second-order valence-electron chi connectivity index (χ2n) is 5.90. The largest absolute Gasteiger partial charge is 0.493 e. The number of pyridine rings is 1. The number of nitrogens with one attached hydrogen (secondary N) is 3. The third-order valence-corrected chi connectivity index (χ3v) is 3.91. The number of methoxy groups -OCH3 is 2. The van der Waals surface area contributed by atoms with Gasteiger partial charge in [-0.2, -0.15) is 13.2 Å². The van der Waals surface area contributed by atoms with Gasteiger partial charge in [0, 0.05) is 38.1 Å². The van der Waals surface area contributed by atoms with Gasteiger partial charge in [-0.15, -0.1) is 0 Å². The molecule has 0 bridgehead atoms. The minimum atomic E-state index is -4.38. The van der Waals surface area contributed by atoms with Gasteiger partial charge in [-0.1, -0.05) is 0 Å². The summed E-state index contributed by atoms with van der Waals surface area (Å²) in [5.41, 5.74) is 0.0117. The van der Waals surface area contributed by atoms with E-state index >= 15 is 0 Å². The van der Waals surface area contributed by atoms with Crippen molar-refractivity contribution in [3.05, 3.63) is 42.1 Å². The Morgan fingerprint density at radius 3 is 2.41 bits per heavy atom. The molecule has 0 fully saturated rings. The van der Waals surface area contributed by atoms with E-state index in [0.717, 1.165) is 18.0 Å². The van der Waals surface area contributed by atoms with Crippen molar-refractivity contribution < 1.29 is 22.6 Å². The minimum absolute atomic E-state index is 0.394. The van der Waals surface area contributed by atoms with Crippen LogP contribution in [0.4, 0.5) is 24.7 Å². The molecule has 0 saturated carbocycles. The first kappa shape index (κ1) is 22.1. The third-order valence-electron chi connectivity index (χ3n) is 3.91. The van der Waals surface area contributed by atoms with Gasteiger partial charge in [-0.3, -0.25) is 4.99 Å². The number of hydrogen-bond acceptors (Lipinski definition) is 5. The Bertz CT molecular complexity index is 810. The summed E-state index contributed by atoms with van der Waals surface area (Å²) >= 11 is 0. The molecule has 0 saturated heterocycles. The summed E-state index contributed by atoms with van der Waals surface area (Å²) in [6.07, 6.45) is -2.86. The van der Waals surface area contributed by atoms with Gasteiger partial charge < -0.3 is 25.4 Å². The molecule has 7 nitrogen and oxygen atoms in total. The number of aromatic nitrogens is 1. The first-order valence-electron chi connectivity index (χ1n) is 8.84. The minimum Gasteiger partial charge on any atom is -0.493 e. The molecule has 0 spiro atoms. The molecule has 1 aromatic heterocycles. The highest BCUT2D eigenvalue weighted by Crippen LogP contribution is 2.30. The standard InChI is InChI=1S/C19H24F3N5O2/c1-23-18(27-14-6-7-15(28-2)16(11-14)29-3)25-10-4-9-24-17-8-5-13(12-26-17)19(20,21)22/h5-8,11-12H,4,9-10H2,1-3H3,(H,24,26)(H2,23,25,27). The Hall–Kier alpha value is -3.17. The van der Waals surface area contributed by atoms with Crippen molar-refractivity contribution in [1.29, 1.82) is 0 Å². The molecule has 0 amide bonds. The molecule has 0 aliphatic heterocycles.